The van der Waals surface area contributed by atoms with Crippen LogP contribution in [0.5, 0.6) is 0 Å². The summed E-state index contributed by atoms with van der Waals surface area (Å²) in [5.74, 6) is 2.21. The molecule has 0 atom stereocenters. The maximum absolute atomic E-state index is 9.56. The molecule has 0 unspecified atom stereocenters. The van der Waals surface area contributed by atoms with Gasteiger partial charge in [-0.15, -0.1) is 0 Å². The van der Waals surface area contributed by atoms with Gasteiger partial charge < -0.3 is 29.9 Å². The molecule has 0 saturated carbocycles. The summed E-state index contributed by atoms with van der Waals surface area (Å²) in [6.07, 6.45) is 6.56. The van der Waals surface area contributed by atoms with Crippen LogP contribution < -0.4 is 9.97 Å². The summed E-state index contributed by atoms with van der Waals surface area (Å²) in [7, 11) is -1.22. The van der Waals surface area contributed by atoms with E-state index in [9.17, 15) is 8.42 Å². The van der Waals surface area contributed by atoms with Crippen molar-refractivity contribution >= 4 is 65.7 Å². The van der Waals surface area contributed by atoms with Crippen LogP contribution in [0.2, 0.25) is 0 Å². The van der Waals surface area contributed by atoms with Gasteiger partial charge in [0.15, 0.2) is 0 Å². The van der Waals surface area contributed by atoms with Crippen molar-refractivity contribution in [3.05, 3.63) is 97.1 Å². The minimum Gasteiger partial charge on any atom is -0.357 e. The number of nitrogens with zero attached hydrogens (tertiary/aromatic N) is 8. The summed E-state index contributed by atoms with van der Waals surface area (Å²) < 4.78 is 19.1. The van der Waals surface area contributed by atoms with Gasteiger partial charge in [-0.1, -0.05) is 97.1 Å². The summed E-state index contributed by atoms with van der Waals surface area (Å²) in [5.41, 5.74) is 5.78. The molecule has 10 nitrogen and oxygen atoms in total. The van der Waals surface area contributed by atoms with Crippen LogP contribution in [0.25, 0.3) is 89.7 Å². The van der Waals surface area contributed by atoms with E-state index in [1.165, 1.54) is 0 Å². The van der Waals surface area contributed by atoms with Crippen LogP contribution >= 0.6 is 0 Å². The first-order valence-corrected chi connectivity index (χ1v) is 18.8. The Morgan fingerprint density at radius 2 is 0.592 bits per heavy atom. The zero-order valence-corrected chi connectivity index (χ0v) is 30.2. The third kappa shape index (κ3) is 6.87. The van der Waals surface area contributed by atoms with Gasteiger partial charge in [0.1, 0.15) is 0 Å². The zero-order chi connectivity index (χ0) is 33.4. The summed E-state index contributed by atoms with van der Waals surface area (Å²) in [6.45, 7) is 0. The number of hydrogen-bond donors (Lipinski definition) is 0. The second kappa shape index (κ2) is 14.3. The third-order valence-corrected chi connectivity index (χ3v) is 7.33. The fraction of sp³-hybridized carbons (Fsp3) is 0.111. The van der Waals surface area contributed by atoms with Crippen molar-refractivity contribution in [2.24, 2.45) is 0 Å². The van der Waals surface area contributed by atoms with E-state index in [0.717, 1.165) is 43.8 Å². The van der Waals surface area contributed by atoms with E-state index in [2.05, 4.69) is 0 Å². The first-order chi connectivity index (χ1) is 23.3. The fourth-order valence-electron chi connectivity index (χ4n) is 5.46. The molecule has 2 aliphatic heterocycles. The molecule has 9 rings (SSSR count). The van der Waals surface area contributed by atoms with E-state index >= 15 is 0 Å². The van der Waals surface area contributed by atoms with Gasteiger partial charge in [0.05, 0.1) is 23.3 Å². The molecular weight excluding hydrogens is 742 g/mol. The molecule has 0 aliphatic carbocycles. The Morgan fingerprint density at radius 3 is 0.816 bits per heavy atom. The van der Waals surface area contributed by atoms with Crippen molar-refractivity contribution in [2.75, 3.05) is 25.0 Å². The Bertz CT molecular complexity index is 2240. The van der Waals surface area contributed by atoms with Crippen LogP contribution in [0.4, 0.5) is 0 Å². The number of rotatable bonds is 0. The van der Waals surface area contributed by atoms with Gasteiger partial charge in [-0.05, 0) is 21.5 Å². The molecule has 0 N–H and O–H groups in total. The summed E-state index contributed by atoms with van der Waals surface area (Å²) >= 11 is 0. The molecule has 3 aromatic heterocycles. The first-order valence-electron chi connectivity index (χ1n) is 14.9. The van der Waals surface area contributed by atoms with Crippen molar-refractivity contribution in [3.8, 4) is 45.6 Å². The maximum Gasteiger partial charge on any atom is 2.00 e. The molecule has 4 aromatic carbocycles. The summed E-state index contributed by atoms with van der Waals surface area (Å²) in [5, 5.41) is 3.57. The van der Waals surface area contributed by atoms with Crippen molar-refractivity contribution < 1.29 is 27.9 Å². The Balaban J connectivity index is 0.000000422. The molecule has 244 valence electrons. The van der Waals surface area contributed by atoms with Crippen LogP contribution in [0.1, 0.15) is 0 Å². The fourth-order valence-corrected chi connectivity index (χ4v) is 5.46. The van der Waals surface area contributed by atoms with Crippen molar-refractivity contribution in [2.45, 2.75) is 0 Å². The molecule has 7 aromatic rings. The molecule has 0 radical (unpaired) electrons. The third-order valence-electron chi connectivity index (χ3n) is 7.33. The predicted octanol–water partition coefficient (Wildman–Crippen LogP) is 6.11. The molecule has 49 heavy (non-hydrogen) atoms. The molecular formula is C36H28N8O2RuS2. The number of hydrogen-bond acceptors (Lipinski definition) is 8. The van der Waals surface area contributed by atoms with Gasteiger partial charge in [0.25, 0.3) is 0 Å². The number of fused-ring (bicyclic) bond motifs is 20. The molecule has 0 saturated heterocycles. The standard InChI is InChI=1S/C32H16N8.2C2H6OS.Ru/c1-2-10-18-17(9-1)25-33-26(18)38-28-21-13-5-6-14-22(21)30(35-28)40-32-24-16-8-7-15-23(24)31(36-32)39-29-20-12-4-3-11-19(20)27(34-29)37-25;2*1-4(2)3;/h1-16H;2*1-2H3;/q-2;;;+2. The van der Waals surface area contributed by atoms with Gasteiger partial charge in [-0.3, -0.25) is 8.42 Å². The Hall–Kier alpha value is -4.84. The molecule has 8 bridgehead atoms. The molecule has 5 heterocycles. The van der Waals surface area contributed by atoms with Crippen molar-refractivity contribution in [1.29, 1.82) is 0 Å². The van der Waals surface area contributed by atoms with Gasteiger partial charge in [-0.2, -0.15) is 0 Å². The van der Waals surface area contributed by atoms with Crippen molar-refractivity contribution in [1.82, 2.24) is 39.9 Å². The average Bonchev–Trinajstić information content (AvgIpc) is 3.80. The van der Waals surface area contributed by atoms with Crippen LogP contribution in [0, 0.1) is 0 Å². The molecule has 13 heteroatoms. The smallest absolute Gasteiger partial charge is 0.357 e. The minimum absolute atomic E-state index is 0. The minimum atomic E-state index is -0.611. The Morgan fingerprint density at radius 1 is 0.388 bits per heavy atom. The average molecular weight is 770 g/mol. The normalized spacial score (nSPS) is 11.2. The Kier molecular flexibility index (Phi) is 9.96. The molecule has 2 aliphatic rings. The van der Waals surface area contributed by atoms with Crippen LogP contribution in [0.3, 0.4) is 0 Å². The van der Waals surface area contributed by atoms with Gasteiger partial charge in [-0.25, -0.2) is 9.97 Å². The second-order valence-electron chi connectivity index (χ2n) is 11.1. The Labute approximate surface area is 299 Å². The van der Waals surface area contributed by atoms with Gasteiger partial charge in [0.2, 0.25) is 0 Å². The molecule has 0 fully saturated rings. The monoisotopic (exact) mass is 770 g/mol. The first kappa shape index (κ1) is 34.0. The summed E-state index contributed by atoms with van der Waals surface area (Å²) in [4.78, 5) is 39.3. The summed E-state index contributed by atoms with van der Waals surface area (Å²) in [6, 6.07) is 31.8. The van der Waals surface area contributed by atoms with E-state index in [-0.39, 0.29) is 19.5 Å². The molecule has 0 amide bonds. The molecule has 0 spiro atoms. The zero-order valence-electron chi connectivity index (χ0n) is 26.8. The van der Waals surface area contributed by atoms with Crippen LogP contribution in [-0.2, 0) is 41.1 Å². The van der Waals surface area contributed by atoms with Crippen molar-refractivity contribution in [3.63, 3.8) is 0 Å². The number of benzene rings is 4. The number of aromatic nitrogens is 8. The SMILES string of the molecule is CS(C)=O.CS(C)=O.[Ru+2].c1ccc2c(c1)-c1nc-2nc2[n-]c(nc3nc(nc4[n-]c(n1)c1ccccc41)-c1ccccc1-3)c1ccccc21. The quantitative estimate of drug-likeness (QED) is 0.166. The topological polar surface area (TPSA) is 140 Å². The predicted molar refractivity (Wildman–Crippen MR) is 194 cm³/mol. The van der Waals surface area contributed by atoms with E-state index in [4.69, 9.17) is 39.9 Å². The van der Waals surface area contributed by atoms with E-state index in [0.29, 0.717) is 45.9 Å². The van der Waals surface area contributed by atoms with Crippen LogP contribution in [0.15, 0.2) is 97.1 Å². The van der Waals surface area contributed by atoms with Gasteiger partial charge >= 0.3 is 19.5 Å². The largest absolute Gasteiger partial charge is 2.00 e. The second-order valence-corrected chi connectivity index (χ2v) is 14.1. The van der Waals surface area contributed by atoms with E-state index < -0.39 is 21.6 Å². The van der Waals surface area contributed by atoms with Crippen LogP contribution in [-0.4, -0.2) is 63.3 Å². The van der Waals surface area contributed by atoms with E-state index in [1.807, 2.05) is 97.1 Å². The van der Waals surface area contributed by atoms with E-state index in [1.54, 1.807) is 25.0 Å². The van der Waals surface area contributed by atoms with Gasteiger partial charge in [0, 0.05) is 91.5 Å². The maximum atomic E-state index is 9.56.